The van der Waals surface area contributed by atoms with Crippen molar-refractivity contribution in [2.45, 2.75) is 0 Å². The third kappa shape index (κ3) is 1.14. The highest BCUT2D eigenvalue weighted by atomic mass is 16.8. The molecular weight excluding hydrogens is 174 g/mol. The van der Waals surface area contributed by atoms with Crippen LogP contribution in [0.1, 0.15) is 0 Å². The maximum Gasteiger partial charge on any atom is 0.462 e. The van der Waals surface area contributed by atoms with Crippen molar-refractivity contribution in [3.63, 3.8) is 0 Å². The molecule has 9 nitrogen and oxygen atoms in total. The molecule has 0 aromatic carbocycles. The first kappa shape index (κ1) is 7.91. The fraction of sp³-hybridized carbons (Fsp3) is 0. The summed E-state index contributed by atoms with van der Waals surface area (Å²) in [6.45, 7) is 0. The first-order valence-electron chi connectivity index (χ1n) is 2.55. The highest BCUT2D eigenvalue weighted by molar-refractivity contribution is 5.08. The summed E-state index contributed by atoms with van der Waals surface area (Å²) in [5.74, 6) is -0.961. The van der Waals surface area contributed by atoms with Crippen LogP contribution in [0.5, 0.6) is 0 Å². The van der Waals surface area contributed by atoms with Gasteiger partial charge in [0.25, 0.3) is 0 Å². The molecule has 1 aromatic rings. The molecule has 0 fully saturated rings. The van der Waals surface area contributed by atoms with Crippen molar-refractivity contribution in [3.05, 3.63) is 36.6 Å². The van der Waals surface area contributed by atoms with Crippen molar-refractivity contribution in [2.24, 2.45) is 0 Å². The van der Waals surface area contributed by atoms with E-state index in [1.54, 1.807) is 0 Å². The minimum atomic E-state index is -1.20. The normalized spacial score (nSPS) is 9.67. The molecule has 0 saturated carbocycles. The molecule has 0 atom stereocenters. The molecule has 0 aliphatic carbocycles. The van der Waals surface area contributed by atoms with Crippen LogP contribution < -0.4 is 5.56 Å². The molecule has 0 unspecified atom stereocenters. The number of nitro groups is 2. The molecule has 1 rings (SSSR count). The van der Waals surface area contributed by atoms with Gasteiger partial charge in [-0.05, 0) is 0 Å². The van der Waals surface area contributed by atoms with E-state index in [1.807, 2.05) is 0 Å². The lowest BCUT2D eigenvalue weighted by Crippen LogP contribution is -2.20. The Morgan fingerprint density at radius 2 is 2.00 bits per heavy atom. The first-order valence-corrected chi connectivity index (χ1v) is 2.55. The minimum Gasteiger partial charge on any atom is -0.259 e. The molecule has 9 heteroatoms. The Morgan fingerprint density at radius 1 is 1.42 bits per heavy atom. The molecule has 12 heavy (non-hydrogen) atoms. The van der Waals surface area contributed by atoms with E-state index in [4.69, 9.17) is 0 Å². The molecular formula is C3HN3O6. The number of nitrogens with zero attached hydrogens (tertiary/aromatic N) is 3. The maximum absolute atomic E-state index is 10.5. The van der Waals surface area contributed by atoms with Crippen LogP contribution in [-0.4, -0.2) is 14.8 Å². The van der Waals surface area contributed by atoms with E-state index in [-0.39, 0.29) is 4.85 Å². The van der Waals surface area contributed by atoms with Crippen LogP contribution in [0.4, 0.5) is 5.88 Å². The molecule has 1 aromatic heterocycles. The van der Waals surface area contributed by atoms with Crippen LogP contribution in [0.3, 0.4) is 0 Å². The van der Waals surface area contributed by atoms with E-state index in [0.717, 1.165) is 0 Å². The molecule has 0 saturated heterocycles. The van der Waals surface area contributed by atoms with Gasteiger partial charge in [0.2, 0.25) is 5.03 Å². The van der Waals surface area contributed by atoms with Crippen molar-refractivity contribution in [2.75, 3.05) is 0 Å². The second kappa shape index (κ2) is 2.45. The van der Waals surface area contributed by atoms with E-state index in [0.29, 0.717) is 6.07 Å². The van der Waals surface area contributed by atoms with Gasteiger partial charge in [-0.15, -0.1) is 0 Å². The summed E-state index contributed by atoms with van der Waals surface area (Å²) >= 11 is 0. The first-order chi connectivity index (χ1) is 5.52. The lowest BCUT2D eigenvalue weighted by Gasteiger charge is -1.81. The molecule has 1 heterocycles. The van der Waals surface area contributed by atoms with Crippen LogP contribution in [0.2, 0.25) is 0 Å². The molecule has 0 N–H and O–H groups in total. The highest BCUT2D eigenvalue weighted by Crippen LogP contribution is 2.05. The molecule has 0 aliphatic rings. The van der Waals surface area contributed by atoms with Gasteiger partial charge in [-0.25, -0.2) is 10.1 Å². The number of rotatable bonds is 2. The predicted octanol–water partition coefficient (Wildman–Crippen LogP) is -0.611. The minimum absolute atomic E-state index is 0.321. The van der Waals surface area contributed by atoms with Crippen LogP contribution in [-0.2, 0) is 0 Å². The SMILES string of the molecule is O=c1cc([N+](=O)[O-])on1[N+](=O)[O-]. The Hall–Kier alpha value is -2.19. The number of hydrogen-bond donors (Lipinski definition) is 0. The summed E-state index contributed by atoms with van der Waals surface area (Å²) in [7, 11) is 0. The quantitative estimate of drug-likeness (QED) is 0.436. The zero-order valence-corrected chi connectivity index (χ0v) is 5.37. The van der Waals surface area contributed by atoms with Crippen LogP contribution in [0, 0.1) is 20.2 Å². The average molecular weight is 175 g/mol. The van der Waals surface area contributed by atoms with E-state index < -0.39 is 21.4 Å². The Labute approximate surface area is 63.0 Å². The summed E-state index contributed by atoms with van der Waals surface area (Å²) < 4.78 is 3.94. The smallest absolute Gasteiger partial charge is 0.259 e. The Morgan fingerprint density at radius 3 is 2.25 bits per heavy atom. The molecule has 0 bridgehead atoms. The van der Waals surface area contributed by atoms with Crippen LogP contribution in [0.25, 0.3) is 0 Å². The predicted molar refractivity (Wildman–Crippen MR) is 32.0 cm³/mol. The molecule has 64 valence electrons. The van der Waals surface area contributed by atoms with Gasteiger partial charge in [0.15, 0.2) is 0 Å². The Bertz CT molecular complexity index is 387. The fourth-order valence-electron chi connectivity index (χ4n) is 0.521. The van der Waals surface area contributed by atoms with Gasteiger partial charge in [0, 0.05) is 0 Å². The zero-order valence-electron chi connectivity index (χ0n) is 5.37. The summed E-state index contributed by atoms with van der Waals surface area (Å²) in [4.78, 5) is 29.0. The lowest BCUT2D eigenvalue weighted by atomic mass is 10.7. The summed E-state index contributed by atoms with van der Waals surface area (Å²) in [5, 5.41) is 18.6. The molecule has 0 amide bonds. The van der Waals surface area contributed by atoms with Gasteiger partial charge in [0.1, 0.15) is 15.8 Å². The number of hydrogen-bond acceptors (Lipinski definition) is 6. The standard InChI is InChI=1S/C3HN3O6/c7-2-1-3(5(8)9)12-4(2)6(10)11/h1H. The van der Waals surface area contributed by atoms with Gasteiger partial charge in [-0.2, -0.15) is 0 Å². The lowest BCUT2D eigenvalue weighted by molar-refractivity contribution is -0.588. The van der Waals surface area contributed by atoms with E-state index >= 15 is 0 Å². The largest absolute Gasteiger partial charge is 0.462 e. The summed E-state index contributed by atoms with van der Waals surface area (Å²) in [6, 6.07) is 0.419. The van der Waals surface area contributed by atoms with Crippen molar-refractivity contribution >= 4 is 5.88 Å². The van der Waals surface area contributed by atoms with E-state index in [2.05, 4.69) is 4.52 Å². The highest BCUT2D eigenvalue weighted by Gasteiger charge is 2.21. The van der Waals surface area contributed by atoms with Gasteiger partial charge >= 0.3 is 11.4 Å². The van der Waals surface area contributed by atoms with E-state index in [1.165, 1.54) is 0 Å². The topological polar surface area (TPSA) is 121 Å². The Balaban J connectivity index is 3.27. The Kier molecular flexibility index (Phi) is 1.62. The van der Waals surface area contributed by atoms with Gasteiger partial charge in [-0.3, -0.25) is 19.4 Å². The molecule has 0 radical (unpaired) electrons. The third-order valence-corrected chi connectivity index (χ3v) is 0.944. The monoisotopic (exact) mass is 175 g/mol. The molecule has 0 aliphatic heterocycles. The second-order valence-corrected chi connectivity index (χ2v) is 1.68. The zero-order chi connectivity index (χ0) is 9.30. The van der Waals surface area contributed by atoms with Crippen molar-refractivity contribution in [1.29, 1.82) is 0 Å². The van der Waals surface area contributed by atoms with Gasteiger partial charge in [0.05, 0.1) is 0 Å². The third-order valence-electron chi connectivity index (χ3n) is 0.944. The summed E-state index contributed by atoms with van der Waals surface area (Å²) in [5.41, 5.74) is -1.19. The van der Waals surface area contributed by atoms with Gasteiger partial charge < -0.3 is 0 Å². The van der Waals surface area contributed by atoms with Crippen molar-refractivity contribution < 1.29 is 14.5 Å². The van der Waals surface area contributed by atoms with Crippen LogP contribution >= 0.6 is 0 Å². The van der Waals surface area contributed by atoms with Gasteiger partial charge in [-0.1, -0.05) is 0 Å². The van der Waals surface area contributed by atoms with E-state index in [9.17, 15) is 25.0 Å². The van der Waals surface area contributed by atoms with Crippen LogP contribution in [0.15, 0.2) is 15.4 Å². The maximum atomic E-state index is 10.5. The molecule has 0 spiro atoms. The number of aromatic nitrogens is 1. The van der Waals surface area contributed by atoms with Crippen molar-refractivity contribution in [1.82, 2.24) is 4.85 Å². The summed E-state index contributed by atoms with van der Waals surface area (Å²) in [6.07, 6.45) is 0. The van der Waals surface area contributed by atoms with Crippen molar-refractivity contribution in [3.8, 4) is 0 Å². The second-order valence-electron chi connectivity index (χ2n) is 1.68. The fourth-order valence-corrected chi connectivity index (χ4v) is 0.521. The average Bonchev–Trinajstić information content (AvgIpc) is 2.30.